The van der Waals surface area contributed by atoms with Gasteiger partial charge >= 0.3 is 0 Å². The predicted molar refractivity (Wildman–Crippen MR) is 83.5 cm³/mol. The second-order valence-corrected chi connectivity index (χ2v) is 4.96. The van der Waals surface area contributed by atoms with Gasteiger partial charge in [-0.1, -0.05) is 12.1 Å². The zero-order valence-electron chi connectivity index (χ0n) is 11.4. The number of para-hydroxylation sites is 2. The van der Waals surface area contributed by atoms with Crippen LogP contribution < -0.4 is 0 Å². The first kappa shape index (κ1) is 12.5. The van der Waals surface area contributed by atoms with Gasteiger partial charge in [-0.15, -0.1) is 0 Å². The summed E-state index contributed by atoms with van der Waals surface area (Å²) < 4.78 is 0. The van der Waals surface area contributed by atoms with Crippen LogP contribution in [0, 0.1) is 10.1 Å². The van der Waals surface area contributed by atoms with Gasteiger partial charge in [0, 0.05) is 29.3 Å². The summed E-state index contributed by atoms with van der Waals surface area (Å²) in [5.74, 6) is 0.696. The molecule has 0 spiro atoms. The normalized spacial score (nSPS) is 11.1. The maximum atomic E-state index is 10.9. The van der Waals surface area contributed by atoms with Crippen molar-refractivity contribution in [3.63, 3.8) is 0 Å². The number of rotatable bonds is 2. The number of nitrogens with one attached hydrogen (secondary N) is 1. The molecule has 22 heavy (non-hydrogen) atoms. The van der Waals surface area contributed by atoms with Crippen LogP contribution in [0.4, 0.5) is 5.69 Å². The number of aromatic nitrogens is 3. The van der Waals surface area contributed by atoms with E-state index in [4.69, 9.17) is 0 Å². The van der Waals surface area contributed by atoms with Crippen LogP contribution in [0.1, 0.15) is 0 Å². The van der Waals surface area contributed by atoms with E-state index < -0.39 is 4.92 Å². The van der Waals surface area contributed by atoms with Crippen molar-refractivity contribution in [1.29, 1.82) is 0 Å². The molecule has 6 nitrogen and oxygen atoms in total. The minimum Gasteiger partial charge on any atom is -0.338 e. The van der Waals surface area contributed by atoms with Crippen molar-refractivity contribution in [2.45, 2.75) is 0 Å². The molecule has 0 bridgehead atoms. The number of hydrogen-bond donors (Lipinski definition) is 1. The van der Waals surface area contributed by atoms with Gasteiger partial charge in [0.15, 0.2) is 0 Å². The Morgan fingerprint density at radius 3 is 2.73 bits per heavy atom. The standard InChI is InChI=1S/C16H10N4O2/c21-20(22)12-5-6-13-10(8-12)7-11(9-17-13)16-18-14-3-1-2-4-15(14)19-16/h1-9H,(H,18,19). The fourth-order valence-corrected chi connectivity index (χ4v) is 2.45. The number of fused-ring (bicyclic) bond motifs is 2. The molecule has 4 rings (SSSR count). The quantitative estimate of drug-likeness (QED) is 0.450. The molecule has 0 aliphatic heterocycles. The van der Waals surface area contributed by atoms with Gasteiger partial charge in [-0.3, -0.25) is 15.1 Å². The SMILES string of the molecule is O=[N+]([O-])c1ccc2ncc(-c3nc4ccccc4[nH]3)cc2c1. The molecule has 0 unspecified atom stereocenters. The maximum Gasteiger partial charge on any atom is 0.270 e. The van der Waals surface area contributed by atoms with Crippen molar-refractivity contribution in [2.24, 2.45) is 0 Å². The first-order valence-electron chi connectivity index (χ1n) is 6.70. The van der Waals surface area contributed by atoms with Crippen LogP contribution in [-0.4, -0.2) is 19.9 Å². The van der Waals surface area contributed by atoms with Gasteiger partial charge in [-0.05, 0) is 24.3 Å². The highest BCUT2D eigenvalue weighted by molar-refractivity contribution is 5.86. The van der Waals surface area contributed by atoms with Gasteiger partial charge in [0.05, 0.1) is 21.5 Å². The molecule has 0 amide bonds. The van der Waals surface area contributed by atoms with Crippen LogP contribution >= 0.6 is 0 Å². The minimum atomic E-state index is -0.409. The third-order valence-electron chi connectivity index (χ3n) is 3.54. The van der Waals surface area contributed by atoms with Crippen molar-refractivity contribution in [2.75, 3.05) is 0 Å². The highest BCUT2D eigenvalue weighted by Crippen LogP contribution is 2.25. The molecule has 6 heteroatoms. The van der Waals surface area contributed by atoms with E-state index in [1.165, 1.54) is 12.1 Å². The van der Waals surface area contributed by atoms with Crippen molar-refractivity contribution < 1.29 is 4.92 Å². The smallest absolute Gasteiger partial charge is 0.270 e. The van der Waals surface area contributed by atoms with Crippen LogP contribution in [0.2, 0.25) is 0 Å². The van der Waals surface area contributed by atoms with Gasteiger partial charge < -0.3 is 4.98 Å². The van der Waals surface area contributed by atoms with E-state index in [0.717, 1.165) is 16.6 Å². The number of aromatic amines is 1. The first-order chi connectivity index (χ1) is 10.7. The molecule has 4 aromatic rings. The molecule has 0 saturated heterocycles. The molecule has 0 aliphatic rings. The Labute approximate surface area is 124 Å². The summed E-state index contributed by atoms with van der Waals surface area (Å²) in [6.45, 7) is 0. The Morgan fingerprint density at radius 2 is 1.91 bits per heavy atom. The van der Waals surface area contributed by atoms with E-state index in [2.05, 4.69) is 15.0 Å². The molecule has 106 valence electrons. The number of pyridine rings is 1. The monoisotopic (exact) mass is 290 g/mol. The maximum absolute atomic E-state index is 10.9. The summed E-state index contributed by atoms with van der Waals surface area (Å²) in [6.07, 6.45) is 1.71. The Kier molecular flexibility index (Phi) is 2.62. The molecule has 0 atom stereocenters. The molecule has 1 N–H and O–H groups in total. The van der Waals surface area contributed by atoms with Gasteiger partial charge in [0.25, 0.3) is 5.69 Å². The third kappa shape index (κ3) is 1.98. The zero-order chi connectivity index (χ0) is 15.1. The lowest BCUT2D eigenvalue weighted by atomic mass is 10.1. The number of imidazole rings is 1. The van der Waals surface area contributed by atoms with Crippen molar-refractivity contribution in [1.82, 2.24) is 15.0 Å². The number of non-ortho nitro benzene ring substituents is 1. The van der Waals surface area contributed by atoms with Crippen LogP contribution in [0.3, 0.4) is 0 Å². The molecule has 0 fully saturated rings. The number of hydrogen-bond acceptors (Lipinski definition) is 4. The number of nitro benzene ring substituents is 1. The molecule has 2 heterocycles. The van der Waals surface area contributed by atoms with Crippen LogP contribution in [0.15, 0.2) is 54.7 Å². The van der Waals surface area contributed by atoms with Crippen LogP contribution in [0.5, 0.6) is 0 Å². The minimum absolute atomic E-state index is 0.0519. The van der Waals surface area contributed by atoms with E-state index in [-0.39, 0.29) is 5.69 Å². The van der Waals surface area contributed by atoms with Crippen molar-refractivity contribution in [3.8, 4) is 11.4 Å². The van der Waals surface area contributed by atoms with E-state index in [1.54, 1.807) is 12.3 Å². The fraction of sp³-hybridized carbons (Fsp3) is 0. The largest absolute Gasteiger partial charge is 0.338 e. The molecule has 0 saturated carbocycles. The fourth-order valence-electron chi connectivity index (χ4n) is 2.45. The lowest BCUT2D eigenvalue weighted by Crippen LogP contribution is -1.89. The van der Waals surface area contributed by atoms with E-state index in [9.17, 15) is 10.1 Å². The van der Waals surface area contributed by atoms with Crippen molar-refractivity contribution in [3.05, 3.63) is 64.8 Å². The molecule has 0 radical (unpaired) electrons. The number of H-pyrrole nitrogens is 1. The van der Waals surface area contributed by atoms with Crippen LogP contribution in [-0.2, 0) is 0 Å². The van der Waals surface area contributed by atoms with Gasteiger partial charge in [0.1, 0.15) is 5.82 Å². The highest BCUT2D eigenvalue weighted by Gasteiger charge is 2.10. The molecular formula is C16H10N4O2. The Bertz CT molecular complexity index is 990. The Hall–Kier alpha value is -3.28. The number of nitrogens with zero attached hydrogens (tertiary/aromatic N) is 3. The summed E-state index contributed by atoms with van der Waals surface area (Å²) in [4.78, 5) is 22.6. The van der Waals surface area contributed by atoms with E-state index in [1.807, 2.05) is 30.3 Å². The third-order valence-corrected chi connectivity index (χ3v) is 3.54. The molecular weight excluding hydrogens is 280 g/mol. The lowest BCUT2D eigenvalue weighted by molar-refractivity contribution is -0.384. The summed E-state index contributed by atoms with van der Waals surface area (Å²) >= 11 is 0. The summed E-state index contributed by atoms with van der Waals surface area (Å²) in [5.41, 5.74) is 3.37. The first-order valence-corrected chi connectivity index (χ1v) is 6.70. The second kappa shape index (κ2) is 4.63. The molecule has 2 aromatic heterocycles. The lowest BCUT2D eigenvalue weighted by Gasteiger charge is -2.00. The average molecular weight is 290 g/mol. The van der Waals surface area contributed by atoms with Gasteiger partial charge in [0.2, 0.25) is 0 Å². The predicted octanol–water partition coefficient (Wildman–Crippen LogP) is 3.69. The zero-order valence-corrected chi connectivity index (χ0v) is 11.4. The Morgan fingerprint density at radius 1 is 1.05 bits per heavy atom. The average Bonchev–Trinajstić information content (AvgIpc) is 2.97. The highest BCUT2D eigenvalue weighted by atomic mass is 16.6. The molecule has 2 aromatic carbocycles. The van der Waals surface area contributed by atoms with Gasteiger partial charge in [-0.25, -0.2) is 4.98 Å². The number of nitro groups is 1. The topological polar surface area (TPSA) is 84.7 Å². The number of benzene rings is 2. The van der Waals surface area contributed by atoms with E-state index in [0.29, 0.717) is 16.7 Å². The Balaban J connectivity index is 1.88. The second-order valence-electron chi connectivity index (χ2n) is 4.96. The summed E-state index contributed by atoms with van der Waals surface area (Å²) in [6, 6.07) is 14.2. The van der Waals surface area contributed by atoms with Gasteiger partial charge in [-0.2, -0.15) is 0 Å². The summed E-state index contributed by atoms with van der Waals surface area (Å²) in [5, 5.41) is 11.6. The molecule has 0 aliphatic carbocycles. The van der Waals surface area contributed by atoms with E-state index >= 15 is 0 Å². The summed E-state index contributed by atoms with van der Waals surface area (Å²) in [7, 11) is 0. The van der Waals surface area contributed by atoms with Crippen molar-refractivity contribution >= 4 is 27.6 Å². The van der Waals surface area contributed by atoms with Crippen LogP contribution in [0.25, 0.3) is 33.3 Å².